The SMILES string of the molecule is CCn1nncc1C(O)c1ccc(Cl)c(Br)c1. The van der Waals surface area contributed by atoms with E-state index in [0.29, 0.717) is 17.3 Å². The first-order valence-electron chi connectivity index (χ1n) is 5.15. The van der Waals surface area contributed by atoms with Gasteiger partial charge in [0.1, 0.15) is 6.10 Å². The first kappa shape index (κ1) is 12.5. The molecule has 0 fully saturated rings. The summed E-state index contributed by atoms with van der Waals surface area (Å²) in [6.07, 6.45) is 0.815. The summed E-state index contributed by atoms with van der Waals surface area (Å²) in [6, 6.07) is 5.31. The van der Waals surface area contributed by atoms with Crippen LogP contribution in [-0.2, 0) is 6.54 Å². The first-order chi connectivity index (χ1) is 8.13. The van der Waals surface area contributed by atoms with Crippen molar-refractivity contribution in [1.29, 1.82) is 0 Å². The predicted molar refractivity (Wildman–Crippen MR) is 68.9 cm³/mol. The molecule has 0 aliphatic carbocycles. The van der Waals surface area contributed by atoms with Crippen LogP contribution in [0.4, 0.5) is 0 Å². The molecule has 0 spiro atoms. The molecule has 0 saturated carbocycles. The lowest BCUT2D eigenvalue weighted by Crippen LogP contribution is -2.09. The number of halogens is 2. The van der Waals surface area contributed by atoms with Crippen LogP contribution < -0.4 is 0 Å². The van der Waals surface area contributed by atoms with Crippen molar-refractivity contribution in [2.24, 2.45) is 0 Å². The monoisotopic (exact) mass is 315 g/mol. The molecule has 0 bridgehead atoms. The van der Waals surface area contributed by atoms with Crippen LogP contribution >= 0.6 is 27.5 Å². The highest BCUT2D eigenvalue weighted by atomic mass is 79.9. The van der Waals surface area contributed by atoms with Crippen LogP contribution in [0.2, 0.25) is 5.02 Å². The summed E-state index contributed by atoms with van der Waals surface area (Å²) in [5.41, 5.74) is 1.42. The lowest BCUT2D eigenvalue weighted by molar-refractivity contribution is 0.208. The van der Waals surface area contributed by atoms with E-state index in [-0.39, 0.29) is 0 Å². The number of aryl methyl sites for hydroxylation is 1. The second-order valence-corrected chi connectivity index (χ2v) is 4.81. The van der Waals surface area contributed by atoms with Gasteiger partial charge in [-0.2, -0.15) is 0 Å². The van der Waals surface area contributed by atoms with Crippen LogP contribution in [-0.4, -0.2) is 20.1 Å². The van der Waals surface area contributed by atoms with Gasteiger partial charge in [-0.25, -0.2) is 4.68 Å². The highest BCUT2D eigenvalue weighted by Gasteiger charge is 2.16. The largest absolute Gasteiger partial charge is 0.382 e. The maximum Gasteiger partial charge on any atom is 0.122 e. The third kappa shape index (κ3) is 2.51. The number of hydrogen-bond donors (Lipinski definition) is 1. The van der Waals surface area contributed by atoms with Gasteiger partial charge in [-0.15, -0.1) is 5.10 Å². The van der Waals surface area contributed by atoms with Gasteiger partial charge in [-0.3, -0.25) is 0 Å². The van der Waals surface area contributed by atoms with E-state index in [4.69, 9.17) is 11.6 Å². The topological polar surface area (TPSA) is 50.9 Å². The van der Waals surface area contributed by atoms with Crippen molar-refractivity contribution in [3.8, 4) is 0 Å². The molecule has 4 nitrogen and oxygen atoms in total. The zero-order chi connectivity index (χ0) is 12.4. The van der Waals surface area contributed by atoms with Crippen LogP contribution in [0.1, 0.15) is 24.3 Å². The Morgan fingerprint density at radius 3 is 2.94 bits per heavy atom. The standard InChI is InChI=1S/C11H11BrClN3O/c1-2-16-10(6-14-15-16)11(17)7-3-4-9(13)8(12)5-7/h3-6,11,17H,2H2,1H3. The van der Waals surface area contributed by atoms with E-state index in [0.717, 1.165) is 10.0 Å². The number of rotatable bonds is 3. The minimum Gasteiger partial charge on any atom is -0.382 e. The van der Waals surface area contributed by atoms with Crippen LogP contribution in [0.15, 0.2) is 28.9 Å². The molecule has 1 atom stereocenters. The molecule has 17 heavy (non-hydrogen) atoms. The molecule has 1 heterocycles. The Balaban J connectivity index is 2.36. The van der Waals surface area contributed by atoms with E-state index in [1.165, 1.54) is 0 Å². The van der Waals surface area contributed by atoms with Gasteiger partial charge in [0.2, 0.25) is 0 Å². The Hall–Kier alpha value is -0.910. The third-order valence-corrected chi connectivity index (χ3v) is 3.70. The molecule has 2 aromatic rings. The van der Waals surface area contributed by atoms with Gasteiger partial charge in [0.15, 0.2) is 0 Å². The Kier molecular flexibility index (Phi) is 3.81. The summed E-state index contributed by atoms with van der Waals surface area (Å²) < 4.78 is 2.42. The zero-order valence-electron chi connectivity index (χ0n) is 9.14. The van der Waals surface area contributed by atoms with E-state index in [2.05, 4.69) is 26.2 Å². The average Bonchev–Trinajstić information content (AvgIpc) is 2.80. The molecular weight excluding hydrogens is 305 g/mol. The first-order valence-corrected chi connectivity index (χ1v) is 6.32. The van der Waals surface area contributed by atoms with E-state index in [9.17, 15) is 5.11 Å². The maximum atomic E-state index is 10.2. The predicted octanol–water partition coefficient (Wildman–Crippen LogP) is 2.80. The van der Waals surface area contributed by atoms with Gasteiger partial charge >= 0.3 is 0 Å². The zero-order valence-corrected chi connectivity index (χ0v) is 11.5. The lowest BCUT2D eigenvalue weighted by atomic mass is 10.1. The highest BCUT2D eigenvalue weighted by molar-refractivity contribution is 9.10. The molecule has 0 amide bonds. The second kappa shape index (κ2) is 5.16. The quantitative estimate of drug-likeness (QED) is 0.947. The number of aromatic nitrogens is 3. The molecule has 1 N–H and O–H groups in total. The number of nitrogens with zero attached hydrogens (tertiary/aromatic N) is 3. The van der Waals surface area contributed by atoms with Gasteiger partial charge in [0.05, 0.1) is 16.9 Å². The van der Waals surface area contributed by atoms with Crippen molar-refractivity contribution in [3.63, 3.8) is 0 Å². The summed E-state index contributed by atoms with van der Waals surface area (Å²) in [5.74, 6) is 0. The summed E-state index contributed by atoms with van der Waals surface area (Å²) in [6.45, 7) is 2.61. The lowest BCUT2D eigenvalue weighted by Gasteiger charge is -2.12. The Morgan fingerprint density at radius 2 is 2.29 bits per heavy atom. The third-order valence-electron chi connectivity index (χ3n) is 2.49. The van der Waals surface area contributed by atoms with Gasteiger partial charge < -0.3 is 5.11 Å². The summed E-state index contributed by atoms with van der Waals surface area (Å²) in [4.78, 5) is 0. The van der Waals surface area contributed by atoms with Crippen molar-refractivity contribution in [2.75, 3.05) is 0 Å². The molecule has 0 aliphatic heterocycles. The number of aliphatic hydroxyl groups excluding tert-OH is 1. The van der Waals surface area contributed by atoms with Crippen molar-refractivity contribution in [3.05, 3.63) is 45.1 Å². The fourth-order valence-electron chi connectivity index (χ4n) is 1.58. The van der Waals surface area contributed by atoms with Crippen molar-refractivity contribution in [1.82, 2.24) is 15.0 Å². The maximum absolute atomic E-state index is 10.2. The van der Waals surface area contributed by atoms with E-state index < -0.39 is 6.10 Å². The van der Waals surface area contributed by atoms with Crippen molar-refractivity contribution >= 4 is 27.5 Å². The number of benzene rings is 1. The van der Waals surface area contributed by atoms with Gasteiger partial charge in [0, 0.05) is 11.0 Å². The smallest absolute Gasteiger partial charge is 0.122 e. The van der Waals surface area contributed by atoms with Gasteiger partial charge in [0.25, 0.3) is 0 Å². The number of hydrogen-bond acceptors (Lipinski definition) is 3. The summed E-state index contributed by atoms with van der Waals surface area (Å²) >= 11 is 9.24. The van der Waals surface area contributed by atoms with Crippen LogP contribution in [0.3, 0.4) is 0 Å². The molecule has 0 radical (unpaired) electrons. The minimum absolute atomic E-state index is 0.614. The number of aliphatic hydroxyl groups is 1. The van der Waals surface area contributed by atoms with Crippen molar-refractivity contribution < 1.29 is 5.11 Å². The van der Waals surface area contributed by atoms with E-state index >= 15 is 0 Å². The van der Waals surface area contributed by atoms with Crippen molar-refractivity contribution in [2.45, 2.75) is 19.6 Å². The summed E-state index contributed by atoms with van der Waals surface area (Å²) in [7, 11) is 0. The van der Waals surface area contributed by atoms with Crippen LogP contribution in [0.25, 0.3) is 0 Å². The Bertz CT molecular complexity index is 529. The normalized spacial score (nSPS) is 12.7. The Morgan fingerprint density at radius 1 is 1.53 bits per heavy atom. The highest BCUT2D eigenvalue weighted by Crippen LogP contribution is 2.28. The molecule has 1 aromatic carbocycles. The molecule has 0 aliphatic rings. The molecule has 0 saturated heterocycles. The fourth-order valence-corrected chi connectivity index (χ4v) is 2.09. The molecule has 2 rings (SSSR count). The Labute approximate surface area is 112 Å². The molecule has 1 unspecified atom stereocenters. The molecular formula is C11H11BrClN3O. The molecule has 1 aromatic heterocycles. The van der Waals surface area contributed by atoms with Crippen LogP contribution in [0.5, 0.6) is 0 Å². The second-order valence-electron chi connectivity index (χ2n) is 3.55. The summed E-state index contributed by atoms with van der Waals surface area (Å²) in [5, 5.41) is 18.5. The van der Waals surface area contributed by atoms with E-state index in [1.54, 1.807) is 29.1 Å². The molecule has 6 heteroatoms. The van der Waals surface area contributed by atoms with Gasteiger partial charge in [-0.05, 0) is 40.5 Å². The van der Waals surface area contributed by atoms with E-state index in [1.807, 2.05) is 6.92 Å². The molecule has 90 valence electrons. The minimum atomic E-state index is -0.751. The fraction of sp³-hybridized carbons (Fsp3) is 0.273. The van der Waals surface area contributed by atoms with Gasteiger partial charge in [-0.1, -0.05) is 22.9 Å². The van der Waals surface area contributed by atoms with Crippen LogP contribution in [0, 0.1) is 0 Å². The average molecular weight is 317 g/mol.